The molecule has 1 aromatic carbocycles. The SMILES string of the molecule is CCc1cc(COc2ccc([C@H](C)N)cc2OC)n(C)n1. The van der Waals surface area contributed by atoms with Gasteiger partial charge in [-0.05, 0) is 37.1 Å². The molecule has 0 aliphatic heterocycles. The third kappa shape index (κ3) is 3.55. The summed E-state index contributed by atoms with van der Waals surface area (Å²) in [6.45, 7) is 4.48. The first-order valence-electron chi connectivity index (χ1n) is 7.13. The van der Waals surface area contributed by atoms with Crippen LogP contribution in [0.3, 0.4) is 0 Å². The molecule has 0 aliphatic carbocycles. The maximum Gasteiger partial charge on any atom is 0.161 e. The minimum atomic E-state index is -0.0304. The van der Waals surface area contributed by atoms with Crippen molar-refractivity contribution in [3.05, 3.63) is 41.2 Å². The molecule has 1 heterocycles. The molecule has 0 bridgehead atoms. The summed E-state index contributed by atoms with van der Waals surface area (Å²) in [5, 5.41) is 4.41. The smallest absolute Gasteiger partial charge is 0.161 e. The van der Waals surface area contributed by atoms with Crippen LogP contribution in [0, 0.1) is 0 Å². The van der Waals surface area contributed by atoms with Crippen LogP contribution in [0.5, 0.6) is 11.5 Å². The predicted molar refractivity (Wildman–Crippen MR) is 82.5 cm³/mol. The molecule has 5 heteroatoms. The van der Waals surface area contributed by atoms with Crippen LogP contribution in [0.1, 0.15) is 36.8 Å². The maximum atomic E-state index is 5.88. The van der Waals surface area contributed by atoms with E-state index in [9.17, 15) is 0 Å². The molecular weight excluding hydrogens is 266 g/mol. The van der Waals surface area contributed by atoms with E-state index < -0.39 is 0 Å². The van der Waals surface area contributed by atoms with Crippen molar-refractivity contribution >= 4 is 0 Å². The Morgan fingerprint density at radius 1 is 1.29 bits per heavy atom. The molecule has 2 aromatic rings. The van der Waals surface area contributed by atoms with Crippen molar-refractivity contribution in [3.8, 4) is 11.5 Å². The summed E-state index contributed by atoms with van der Waals surface area (Å²) in [6.07, 6.45) is 0.917. The van der Waals surface area contributed by atoms with Crippen LogP contribution in [0.25, 0.3) is 0 Å². The molecule has 2 rings (SSSR count). The van der Waals surface area contributed by atoms with Crippen molar-refractivity contribution in [1.29, 1.82) is 0 Å². The lowest BCUT2D eigenvalue weighted by molar-refractivity contribution is 0.275. The van der Waals surface area contributed by atoms with Crippen LogP contribution < -0.4 is 15.2 Å². The Morgan fingerprint density at radius 3 is 2.62 bits per heavy atom. The third-order valence-corrected chi connectivity index (χ3v) is 3.48. The summed E-state index contributed by atoms with van der Waals surface area (Å²) in [7, 11) is 3.56. The van der Waals surface area contributed by atoms with Crippen LogP contribution in [0.2, 0.25) is 0 Å². The number of methoxy groups -OCH3 is 1. The van der Waals surface area contributed by atoms with Crippen molar-refractivity contribution in [3.63, 3.8) is 0 Å². The first-order valence-corrected chi connectivity index (χ1v) is 7.13. The van der Waals surface area contributed by atoms with Crippen LogP contribution >= 0.6 is 0 Å². The van der Waals surface area contributed by atoms with E-state index in [2.05, 4.69) is 18.1 Å². The zero-order valence-corrected chi connectivity index (χ0v) is 13.1. The maximum absolute atomic E-state index is 5.88. The lowest BCUT2D eigenvalue weighted by Gasteiger charge is -2.13. The Hall–Kier alpha value is -2.01. The van der Waals surface area contributed by atoms with Gasteiger partial charge in [-0.15, -0.1) is 0 Å². The molecule has 114 valence electrons. The molecule has 0 aliphatic rings. The summed E-state index contributed by atoms with van der Waals surface area (Å²) >= 11 is 0. The van der Waals surface area contributed by atoms with Gasteiger partial charge in [0.15, 0.2) is 11.5 Å². The average molecular weight is 289 g/mol. The highest BCUT2D eigenvalue weighted by atomic mass is 16.5. The standard InChI is InChI=1S/C16H23N3O2/c1-5-13-9-14(19(3)18-13)10-21-15-7-6-12(11(2)17)8-16(15)20-4/h6-9,11H,5,10,17H2,1-4H3/t11-/m0/s1. The average Bonchev–Trinajstić information content (AvgIpc) is 2.85. The number of hydrogen-bond acceptors (Lipinski definition) is 4. The van der Waals surface area contributed by atoms with Crippen LogP contribution in [0.15, 0.2) is 24.3 Å². The van der Waals surface area contributed by atoms with E-state index in [1.807, 2.05) is 36.9 Å². The number of ether oxygens (including phenoxy) is 2. The van der Waals surface area contributed by atoms with Gasteiger partial charge in [0.1, 0.15) is 6.61 Å². The van der Waals surface area contributed by atoms with Crippen molar-refractivity contribution in [2.24, 2.45) is 12.8 Å². The topological polar surface area (TPSA) is 62.3 Å². The second-order valence-electron chi connectivity index (χ2n) is 5.09. The molecule has 5 nitrogen and oxygen atoms in total. The number of aryl methyl sites for hydroxylation is 2. The van der Waals surface area contributed by atoms with Gasteiger partial charge >= 0.3 is 0 Å². The van der Waals surface area contributed by atoms with Crippen molar-refractivity contribution < 1.29 is 9.47 Å². The Morgan fingerprint density at radius 2 is 2.05 bits per heavy atom. The first kappa shape index (κ1) is 15.4. The molecular formula is C16H23N3O2. The Bertz CT molecular complexity index is 606. The minimum Gasteiger partial charge on any atom is -0.493 e. The Labute approximate surface area is 125 Å². The Kier molecular flexibility index (Phi) is 4.85. The van der Waals surface area contributed by atoms with Crippen LogP contribution in [-0.2, 0) is 20.1 Å². The highest BCUT2D eigenvalue weighted by Crippen LogP contribution is 2.30. The number of rotatable bonds is 6. The number of nitrogens with two attached hydrogens (primary N) is 1. The monoisotopic (exact) mass is 289 g/mol. The highest BCUT2D eigenvalue weighted by molar-refractivity contribution is 5.43. The van der Waals surface area contributed by atoms with Gasteiger partial charge in [-0.2, -0.15) is 5.10 Å². The van der Waals surface area contributed by atoms with Crippen LogP contribution in [-0.4, -0.2) is 16.9 Å². The van der Waals surface area contributed by atoms with E-state index in [1.54, 1.807) is 7.11 Å². The minimum absolute atomic E-state index is 0.0304. The zero-order chi connectivity index (χ0) is 15.4. The summed E-state index contributed by atoms with van der Waals surface area (Å²) in [5.74, 6) is 1.41. The number of benzene rings is 1. The molecule has 0 fully saturated rings. The number of hydrogen-bond donors (Lipinski definition) is 1. The fourth-order valence-electron chi connectivity index (χ4n) is 2.12. The predicted octanol–water partition coefficient (Wildman–Crippen LogP) is 2.59. The molecule has 0 unspecified atom stereocenters. The summed E-state index contributed by atoms with van der Waals surface area (Å²) in [4.78, 5) is 0. The fraction of sp³-hybridized carbons (Fsp3) is 0.438. The first-order chi connectivity index (χ1) is 10.0. The lowest BCUT2D eigenvalue weighted by atomic mass is 10.1. The summed E-state index contributed by atoms with van der Waals surface area (Å²) in [6, 6.07) is 7.80. The van der Waals surface area contributed by atoms with Crippen molar-refractivity contribution in [1.82, 2.24) is 9.78 Å². The molecule has 0 amide bonds. The molecule has 0 radical (unpaired) electrons. The van der Waals surface area contributed by atoms with E-state index in [0.29, 0.717) is 18.1 Å². The molecule has 0 spiro atoms. The molecule has 0 saturated carbocycles. The molecule has 2 N–H and O–H groups in total. The summed E-state index contributed by atoms with van der Waals surface area (Å²) in [5.41, 5.74) is 9.00. The van der Waals surface area contributed by atoms with Gasteiger partial charge in [0, 0.05) is 13.1 Å². The third-order valence-electron chi connectivity index (χ3n) is 3.48. The van der Waals surface area contributed by atoms with E-state index in [4.69, 9.17) is 15.2 Å². The van der Waals surface area contributed by atoms with E-state index in [1.165, 1.54) is 0 Å². The second kappa shape index (κ2) is 6.63. The second-order valence-corrected chi connectivity index (χ2v) is 5.09. The summed E-state index contributed by atoms with van der Waals surface area (Å²) < 4.78 is 13.1. The van der Waals surface area contributed by atoms with Gasteiger partial charge < -0.3 is 15.2 Å². The van der Waals surface area contributed by atoms with Crippen LogP contribution in [0.4, 0.5) is 0 Å². The zero-order valence-electron chi connectivity index (χ0n) is 13.1. The van der Waals surface area contributed by atoms with Gasteiger partial charge in [-0.3, -0.25) is 4.68 Å². The fourth-order valence-corrected chi connectivity index (χ4v) is 2.12. The molecule has 21 heavy (non-hydrogen) atoms. The lowest BCUT2D eigenvalue weighted by Crippen LogP contribution is -2.06. The van der Waals surface area contributed by atoms with E-state index in [-0.39, 0.29) is 6.04 Å². The quantitative estimate of drug-likeness (QED) is 0.888. The largest absolute Gasteiger partial charge is 0.493 e. The molecule has 0 saturated heterocycles. The van der Waals surface area contributed by atoms with Gasteiger partial charge in [0.05, 0.1) is 18.5 Å². The van der Waals surface area contributed by atoms with Gasteiger partial charge in [-0.1, -0.05) is 13.0 Å². The normalized spacial score (nSPS) is 12.2. The number of nitrogens with zero attached hydrogens (tertiary/aromatic N) is 2. The highest BCUT2D eigenvalue weighted by Gasteiger charge is 2.10. The van der Waals surface area contributed by atoms with Gasteiger partial charge in [-0.25, -0.2) is 0 Å². The van der Waals surface area contributed by atoms with Crippen molar-refractivity contribution in [2.75, 3.05) is 7.11 Å². The van der Waals surface area contributed by atoms with E-state index >= 15 is 0 Å². The molecule has 1 atom stereocenters. The Balaban J connectivity index is 2.13. The molecule has 1 aromatic heterocycles. The van der Waals surface area contributed by atoms with Gasteiger partial charge in [0.2, 0.25) is 0 Å². The van der Waals surface area contributed by atoms with Gasteiger partial charge in [0.25, 0.3) is 0 Å². The van der Waals surface area contributed by atoms with E-state index in [0.717, 1.165) is 23.4 Å². The number of aromatic nitrogens is 2. The van der Waals surface area contributed by atoms with Crippen molar-refractivity contribution in [2.45, 2.75) is 32.9 Å².